The van der Waals surface area contributed by atoms with Gasteiger partial charge in [0.2, 0.25) is 0 Å². The molecule has 0 radical (unpaired) electrons. The van der Waals surface area contributed by atoms with E-state index in [1.165, 1.54) is 77.2 Å². The highest BCUT2D eigenvalue weighted by atomic mass is 15.1. The highest BCUT2D eigenvalue weighted by Gasteiger charge is 2.47. The summed E-state index contributed by atoms with van der Waals surface area (Å²) >= 11 is 0. The molecule has 0 aromatic heterocycles. The molecular formula is C57H39N. The van der Waals surface area contributed by atoms with Gasteiger partial charge in [-0.3, -0.25) is 0 Å². The van der Waals surface area contributed by atoms with Gasteiger partial charge >= 0.3 is 0 Å². The summed E-state index contributed by atoms with van der Waals surface area (Å²) in [5.41, 5.74) is 15.4. The van der Waals surface area contributed by atoms with Crippen molar-refractivity contribution in [3.05, 3.63) is 259 Å². The number of nitrogens with zero attached hydrogens (tertiary/aromatic N) is 1. The Morgan fingerprint density at radius 3 is 1.60 bits per heavy atom. The second-order valence-electron chi connectivity index (χ2n) is 15.2. The molecule has 0 saturated carbocycles. The lowest BCUT2D eigenvalue weighted by Crippen LogP contribution is -2.28. The van der Waals surface area contributed by atoms with Crippen LogP contribution in [0.5, 0.6) is 0 Å². The molecule has 0 aliphatic heterocycles. The molecule has 0 heterocycles. The molecule has 11 rings (SSSR count). The van der Waals surface area contributed by atoms with Gasteiger partial charge in [-0.25, -0.2) is 0 Å². The van der Waals surface area contributed by atoms with Gasteiger partial charge in [0, 0.05) is 16.6 Å². The van der Waals surface area contributed by atoms with Crippen LogP contribution in [0.2, 0.25) is 0 Å². The summed E-state index contributed by atoms with van der Waals surface area (Å²) in [5, 5.41) is 4.82. The van der Waals surface area contributed by atoms with Crippen LogP contribution in [-0.2, 0) is 5.41 Å². The van der Waals surface area contributed by atoms with E-state index in [4.69, 9.17) is 0 Å². The highest BCUT2D eigenvalue weighted by Crippen LogP contribution is 2.59. The molecule has 1 aliphatic rings. The largest absolute Gasteiger partial charge is 0.309 e. The quantitative estimate of drug-likeness (QED) is 0.157. The second-order valence-corrected chi connectivity index (χ2v) is 15.2. The van der Waals surface area contributed by atoms with Crippen molar-refractivity contribution in [1.82, 2.24) is 0 Å². The third kappa shape index (κ3) is 5.32. The monoisotopic (exact) mass is 737 g/mol. The standard InChI is InChI=1S/C57H39N/c1-4-18-40(19-5-1)48-26-12-13-27-49(48)44-35-34-43-39-47(37-36-42(43)38-44)58(54-32-16-21-41-20-10-11-28-50(41)54)55-33-17-31-53-56(55)51-29-14-15-30-52(51)57(53,45-22-6-2-7-23-45)46-24-8-3-9-25-46/h1-39H. The van der Waals surface area contributed by atoms with Crippen molar-refractivity contribution < 1.29 is 0 Å². The fourth-order valence-electron chi connectivity index (χ4n) is 9.62. The van der Waals surface area contributed by atoms with Crippen LogP contribution in [-0.4, -0.2) is 0 Å². The molecule has 0 saturated heterocycles. The summed E-state index contributed by atoms with van der Waals surface area (Å²) in [7, 11) is 0. The highest BCUT2D eigenvalue weighted by molar-refractivity contribution is 6.05. The Bertz CT molecular complexity index is 3070. The topological polar surface area (TPSA) is 3.24 Å². The SMILES string of the molecule is c1ccc(-c2ccccc2-c2ccc3cc(N(c4cccc5c4-c4ccccc4C5(c4ccccc4)c4ccccc4)c4cccc5ccccc45)ccc3c2)cc1. The van der Waals surface area contributed by atoms with Crippen LogP contribution < -0.4 is 4.90 Å². The van der Waals surface area contributed by atoms with E-state index in [0.29, 0.717) is 0 Å². The van der Waals surface area contributed by atoms with Crippen molar-refractivity contribution in [1.29, 1.82) is 0 Å². The summed E-state index contributed by atoms with van der Waals surface area (Å²) in [5.74, 6) is 0. The van der Waals surface area contributed by atoms with Crippen molar-refractivity contribution in [2.75, 3.05) is 4.90 Å². The minimum atomic E-state index is -0.495. The molecule has 0 fully saturated rings. The first-order valence-electron chi connectivity index (χ1n) is 20.1. The fourth-order valence-corrected chi connectivity index (χ4v) is 9.62. The molecule has 0 amide bonds. The zero-order valence-electron chi connectivity index (χ0n) is 32.0. The van der Waals surface area contributed by atoms with E-state index in [9.17, 15) is 0 Å². The summed E-state index contributed by atoms with van der Waals surface area (Å²) in [6.45, 7) is 0. The van der Waals surface area contributed by atoms with Gasteiger partial charge in [-0.2, -0.15) is 0 Å². The molecule has 10 aromatic rings. The number of benzene rings is 10. The molecule has 58 heavy (non-hydrogen) atoms. The number of anilines is 3. The van der Waals surface area contributed by atoms with Crippen LogP contribution in [0, 0.1) is 0 Å². The molecule has 0 bridgehead atoms. The minimum Gasteiger partial charge on any atom is -0.309 e. The molecule has 0 spiro atoms. The Kier molecular flexibility index (Phi) is 8.12. The van der Waals surface area contributed by atoms with E-state index >= 15 is 0 Å². The molecule has 0 unspecified atom stereocenters. The van der Waals surface area contributed by atoms with Crippen molar-refractivity contribution in [2.24, 2.45) is 0 Å². The summed E-state index contributed by atoms with van der Waals surface area (Å²) in [6.07, 6.45) is 0. The lowest BCUT2D eigenvalue weighted by molar-refractivity contribution is 0.768. The van der Waals surface area contributed by atoms with Gasteiger partial charge < -0.3 is 4.90 Å². The lowest BCUT2D eigenvalue weighted by Gasteiger charge is -2.34. The Balaban J connectivity index is 1.15. The van der Waals surface area contributed by atoms with Crippen molar-refractivity contribution >= 4 is 38.6 Å². The molecule has 10 aromatic carbocycles. The minimum absolute atomic E-state index is 0.495. The molecular weight excluding hydrogens is 699 g/mol. The predicted octanol–water partition coefficient (Wildman–Crippen LogP) is 15.2. The maximum Gasteiger partial charge on any atom is 0.0714 e. The number of hydrogen-bond acceptors (Lipinski definition) is 1. The number of rotatable bonds is 7. The Hall–Kier alpha value is -7.48. The van der Waals surface area contributed by atoms with E-state index in [-0.39, 0.29) is 0 Å². The number of fused-ring (bicyclic) bond motifs is 5. The summed E-state index contributed by atoms with van der Waals surface area (Å²) in [6, 6.07) is 86.8. The predicted molar refractivity (Wildman–Crippen MR) is 244 cm³/mol. The first-order chi connectivity index (χ1) is 28.8. The third-order valence-corrected chi connectivity index (χ3v) is 12.1. The van der Waals surface area contributed by atoms with E-state index < -0.39 is 5.41 Å². The number of hydrogen-bond donors (Lipinski definition) is 0. The fraction of sp³-hybridized carbons (Fsp3) is 0.0175. The van der Waals surface area contributed by atoms with Crippen LogP contribution in [0.3, 0.4) is 0 Å². The molecule has 1 heteroatoms. The van der Waals surface area contributed by atoms with Crippen molar-refractivity contribution in [3.63, 3.8) is 0 Å². The average Bonchev–Trinajstić information content (AvgIpc) is 3.61. The van der Waals surface area contributed by atoms with Crippen LogP contribution in [0.1, 0.15) is 22.3 Å². The zero-order chi connectivity index (χ0) is 38.5. The maximum absolute atomic E-state index is 2.50. The van der Waals surface area contributed by atoms with Gasteiger partial charge in [0.1, 0.15) is 0 Å². The van der Waals surface area contributed by atoms with Crippen molar-refractivity contribution in [2.45, 2.75) is 5.41 Å². The Morgan fingerprint density at radius 1 is 0.310 bits per heavy atom. The normalized spacial score (nSPS) is 12.6. The third-order valence-electron chi connectivity index (χ3n) is 12.1. The summed E-state index contributed by atoms with van der Waals surface area (Å²) in [4.78, 5) is 2.50. The van der Waals surface area contributed by atoms with Crippen LogP contribution in [0.15, 0.2) is 237 Å². The van der Waals surface area contributed by atoms with Gasteiger partial charge in [0.05, 0.1) is 16.8 Å². The van der Waals surface area contributed by atoms with E-state index in [1.54, 1.807) is 0 Å². The smallest absolute Gasteiger partial charge is 0.0714 e. The average molecular weight is 738 g/mol. The molecule has 0 N–H and O–H groups in total. The van der Waals surface area contributed by atoms with Crippen LogP contribution in [0.4, 0.5) is 17.1 Å². The van der Waals surface area contributed by atoms with Gasteiger partial charge in [-0.05, 0) is 96.6 Å². The van der Waals surface area contributed by atoms with Gasteiger partial charge in [0.15, 0.2) is 0 Å². The first-order valence-corrected chi connectivity index (χ1v) is 20.1. The first kappa shape index (κ1) is 33.8. The van der Waals surface area contributed by atoms with E-state index in [2.05, 4.69) is 241 Å². The second kappa shape index (κ2) is 13.9. The maximum atomic E-state index is 2.50. The molecule has 1 aliphatic carbocycles. The van der Waals surface area contributed by atoms with Crippen LogP contribution >= 0.6 is 0 Å². The Labute approximate surface area is 339 Å². The van der Waals surface area contributed by atoms with Gasteiger partial charge in [-0.1, -0.05) is 206 Å². The zero-order valence-corrected chi connectivity index (χ0v) is 32.0. The van der Waals surface area contributed by atoms with Gasteiger partial charge in [0.25, 0.3) is 0 Å². The summed E-state index contributed by atoms with van der Waals surface area (Å²) < 4.78 is 0. The molecule has 272 valence electrons. The molecule has 1 nitrogen and oxygen atoms in total. The van der Waals surface area contributed by atoms with E-state index in [1.807, 2.05) is 0 Å². The van der Waals surface area contributed by atoms with Crippen molar-refractivity contribution in [3.8, 4) is 33.4 Å². The lowest BCUT2D eigenvalue weighted by atomic mass is 9.68. The Morgan fingerprint density at radius 2 is 0.845 bits per heavy atom. The van der Waals surface area contributed by atoms with E-state index in [0.717, 1.165) is 17.1 Å². The van der Waals surface area contributed by atoms with Crippen LogP contribution in [0.25, 0.3) is 54.9 Å². The molecule has 0 atom stereocenters. The van der Waals surface area contributed by atoms with Gasteiger partial charge in [-0.15, -0.1) is 0 Å².